The van der Waals surface area contributed by atoms with Crippen molar-refractivity contribution in [1.82, 2.24) is 15.7 Å². The summed E-state index contributed by atoms with van der Waals surface area (Å²) in [4.78, 5) is 34.0. The van der Waals surface area contributed by atoms with Gasteiger partial charge in [0.1, 0.15) is 5.83 Å². The van der Waals surface area contributed by atoms with Crippen LogP contribution in [-0.2, 0) is 24.2 Å². The molecule has 0 aromatic rings. The first-order chi connectivity index (χ1) is 13.7. The molecule has 2 atom stereocenters. The third kappa shape index (κ3) is 9.71. The Morgan fingerprint density at radius 1 is 1.41 bits per heavy atom. The van der Waals surface area contributed by atoms with E-state index in [9.17, 15) is 14.0 Å². The van der Waals surface area contributed by atoms with Crippen molar-refractivity contribution < 1.29 is 28.6 Å². The predicted octanol–water partition coefficient (Wildman–Crippen LogP) is 2.60. The number of nitrogens with one attached hydrogen (secondary N) is 2. The normalized spacial score (nSPS) is 20.3. The molecule has 2 unspecified atom stereocenters. The Kier molecular flexibility index (Phi) is 11.2. The molecule has 1 fully saturated rings. The Labute approximate surface area is 174 Å². The van der Waals surface area contributed by atoms with Crippen LogP contribution in [0.2, 0.25) is 0 Å². The summed E-state index contributed by atoms with van der Waals surface area (Å²) >= 11 is 5.51. The fraction of sp³-hybridized carbons (Fsp3) is 0.474. The van der Waals surface area contributed by atoms with Crippen LogP contribution in [0.1, 0.15) is 26.2 Å². The molecule has 1 aliphatic rings. The zero-order valence-electron chi connectivity index (χ0n) is 16.6. The van der Waals surface area contributed by atoms with Gasteiger partial charge in [-0.1, -0.05) is 31.7 Å². The molecule has 162 valence electrons. The van der Waals surface area contributed by atoms with Crippen LogP contribution < -0.4 is 10.6 Å². The maximum atomic E-state index is 12.6. The molecule has 8 nitrogen and oxygen atoms in total. The fourth-order valence-corrected chi connectivity index (χ4v) is 2.38. The molecular formula is C19H27ClFN3O5. The van der Waals surface area contributed by atoms with E-state index < -0.39 is 11.9 Å². The third-order valence-electron chi connectivity index (χ3n) is 3.98. The van der Waals surface area contributed by atoms with Crippen LogP contribution in [0.15, 0.2) is 48.1 Å². The van der Waals surface area contributed by atoms with Crippen molar-refractivity contribution in [2.45, 2.75) is 38.3 Å². The van der Waals surface area contributed by atoms with E-state index in [0.29, 0.717) is 18.5 Å². The fourth-order valence-electron chi connectivity index (χ4n) is 2.30. The van der Waals surface area contributed by atoms with Gasteiger partial charge >= 0.3 is 0 Å². The van der Waals surface area contributed by atoms with Crippen LogP contribution in [-0.4, -0.2) is 49.2 Å². The van der Waals surface area contributed by atoms with Crippen LogP contribution in [0.5, 0.6) is 0 Å². The number of nitrogens with zero attached hydrogens (tertiary/aromatic N) is 1. The summed E-state index contributed by atoms with van der Waals surface area (Å²) in [5, 5.41) is 6.70. The van der Waals surface area contributed by atoms with Gasteiger partial charge in [0.15, 0.2) is 12.7 Å². The highest BCUT2D eigenvalue weighted by Gasteiger charge is 2.32. The summed E-state index contributed by atoms with van der Waals surface area (Å²) in [6.07, 6.45) is 4.74. The number of carbonyl (C=O) groups excluding carboxylic acids is 2. The maximum Gasteiger partial charge on any atom is 0.257 e. The molecule has 0 aromatic carbocycles. The van der Waals surface area contributed by atoms with E-state index in [1.165, 1.54) is 18.4 Å². The summed E-state index contributed by atoms with van der Waals surface area (Å²) in [6.45, 7) is 8.84. The molecule has 1 heterocycles. The molecule has 1 aliphatic heterocycles. The van der Waals surface area contributed by atoms with Gasteiger partial charge in [-0.05, 0) is 18.6 Å². The SMILES string of the molecule is C=C(CCNC(=O)CO/C=C/C=C(/Cl)C(=C)F)NC(=O)C1CC(CC)N(C)OO1. The summed E-state index contributed by atoms with van der Waals surface area (Å²) < 4.78 is 17.6. The van der Waals surface area contributed by atoms with Crippen LogP contribution in [0.25, 0.3) is 0 Å². The first-order valence-electron chi connectivity index (χ1n) is 9.04. The van der Waals surface area contributed by atoms with Crippen LogP contribution >= 0.6 is 11.6 Å². The van der Waals surface area contributed by atoms with E-state index in [2.05, 4.69) is 23.8 Å². The third-order valence-corrected chi connectivity index (χ3v) is 4.31. The Morgan fingerprint density at radius 2 is 2.14 bits per heavy atom. The minimum Gasteiger partial charge on any atom is -0.491 e. The first kappa shape index (κ1) is 24.8. The molecule has 29 heavy (non-hydrogen) atoms. The molecule has 0 aromatic heterocycles. The lowest BCUT2D eigenvalue weighted by Gasteiger charge is -2.33. The number of carbonyl (C=O) groups is 2. The van der Waals surface area contributed by atoms with Crippen molar-refractivity contribution in [2.75, 3.05) is 20.2 Å². The van der Waals surface area contributed by atoms with Crippen molar-refractivity contribution >= 4 is 23.4 Å². The number of ether oxygens (including phenoxy) is 1. The van der Waals surface area contributed by atoms with E-state index in [4.69, 9.17) is 26.2 Å². The van der Waals surface area contributed by atoms with Gasteiger partial charge in [0, 0.05) is 38.2 Å². The van der Waals surface area contributed by atoms with Crippen molar-refractivity contribution in [2.24, 2.45) is 0 Å². The van der Waals surface area contributed by atoms with E-state index in [1.54, 1.807) is 12.1 Å². The van der Waals surface area contributed by atoms with Crippen molar-refractivity contribution in [3.8, 4) is 0 Å². The number of hydrogen-bond donors (Lipinski definition) is 2. The quantitative estimate of drug-likeness (QED) is 0.297. The smallest absolute Gasteiger partial charge is 0.257 e. The van der Waals surface area contributed by atoms with Crippen LogP contribution in [0.4, 0.5) is 4.39 Å². The summed E-state index contributed by atoms with van der Waals surface area (Å²) in [7, 11) is 1.75. The number of hydrogen-bond acceptors (Lipinski definition) is 6. The molecular weight excluding hydrogens is 405 g/mol. The van der Waals surface area contributed by atoms with E-state index in [0.717, 1.165) is 6.42 Å². The number of hydroxylamine groups is 2. The molecule has 0 saturated carbocycles. The number of halogens is 2. The maximum absolute atomic E-state index is 12.6. The molecule has 1 rings (SSSR count). The molecule has 0 aliphatic carbocycles. The minimum absolute atomic E-state index is 0.0865. The van der Waals surface area contributed by atoms with Crippen molar-refractivity contribution in [3.05, 3.63) is 48.1 Å². The molecule has 10 heteroatoms. The predicted molar refractivity (Wildman–Crippen MR) is 107 cm³/mol. The summed E-state index contributed by atoms with van der Waals surface area (Å²) in [6, 6.07) is 0.0865. The molecule has 2 N–H and O–H groups in total. The number of rotatable bonds is 11. The lowest BCUT2D eigenvalue weighted by molar-refractivity contribution is -0.466. The average Bonchev–Trinajstić information content (AvgIpc) is 2.67. The Bertz CT molecular complexity index is 668. The molecule has 0 radical (unpaired) electrons. The second kappa shape index (κ2) is 13.1. The van der Waals surface area contributed by atoms with Crippen molar-refractivity contribution in [1.29, 1.82) is 0 Å². The van der Waals surface area contributed by atoms with Crippen molar-refractivity contribution in [3.63, 3.8) is 0 Å². The average molecular weight is 432 g/mol. The molecule has 1 saturated heterocycles. The Morgan fingerprint density at radius 3 is 2.79 bits per heavy atom. The Hall–Kier alpha value is -2.20. The Balaban J connectivity index is 2.22. The monoisotopic (exact) mass is 431 g/mol. The topological polar surface area (TPSA) is 89.1 Å². The molecule has 2 amide bonds. The molecule has 0 bridgehead atoms. The largest absolute Gasteiger partial charge is 0.491 e. The van der Waals surface area contributed by atoms with Gasteiger partial charge in [-0.15, -0.1) is 4.99 Å². The van der Waals surface area contributed by atoms with Gasteiger partial charge in [-0.25, -0.2) is 9.28 Å². The van der Waals surface area contributed by atoms with Gasteiger partial charge in [-0.3, -0.25) is 9.59 Å². The standard InChI is InChI=1S/C19H27ClFN3O5/c1-5-15-11-17(28-29-24(15)4)19(26)23-13(2)8-9-22-18(25)12-27-10-6-7-16(20)14(3)21/h6-7,10,15,17H,2-3,5,8-9,11-12H2,1,4H3,(H,22,25)(H,23,26)/b10-6+,16-7+. The zero-order chi connectivity index (χ0) is 21.8. The van der Waals surface area contributed by atoms with Gasteiger partial charge < -0.3 is 15.4 Å². The lowest BCUT2D eigenvalue weighted by Crippen LogP contribution is -2.47. The first-order valence-corrected chi connectivity index (χ1v) is 9.42. The summed E-state index contributed by atoms with van der Waals surface area (Å²) in [5.41, 5.74) is 0.443. The number of amides is 2. The van der Waals surface area contributed by atoms with E-state index in [-0.39, 0.29) is 36.0 Å². The highest BCUT2D eigenvalue weighted by Crippen LogP contribution is 2.19. The minimum atomic E-state index is -0.763. The highest BCUT2D eigenvalue weighted by atomic mass is 35.5. The lowest BCUT2D eigenvalue weighted by atomic mass is 10.1. The van der Waals surface area contributed by atoms with Crippen LogP contribution in [0.3, 0.4) is 0 Å². The second-order valence-corrected chi connectivity index (χ2v) is 6.66. The van der Waals surface area contributed by atoms with Gasteiger partial charge in [0.25, 0.3) is 11.8 Å². The molecule has 0 spiro atoms. The van der Waals surface area contributed by atoms with Gasteiger partial charge in [0.2, 0.25) is 0 Å². The van der Waals surface area contributed by atoms with Crippen LogP contribution in [0, 0.1) is 0 Å². The van der Waals surface area contributed by atoms with Gasteiger partial charge in [0.05, 0.1) is 11.3 Å². The zero-order valence-corrected chi connectivity index (χ0v) is 17.3. The van der Waals surface area contributed by atoms with E-state index >= 15 is 0 Å². The second-order valence-electron chi connectivity index (χ2n) is 6.26. The summed E-state index contributed by atoms with van der Waals surface area (Å²) in [5.74, 6) is -1.47. The van der Waals surface area contributed by atoms with Gasteiger partial charge in [-0.2, -0.15) is 5.06 Å². The number of allylic oxidation sites excluding steroid dienone is 4. The van der Waals surface area contributed by atoms with E-state index in [1.807, 2.05) is 6.92 Å². The highest BCUT2D eigenvalue weighted by molar-refractivity contribution is 6.31.